The van der Waals surface area contributed by atoms with Gasteiger partial charge >= 0.3 is 12.4 Å². The van der Waals surface area contributed by atoms with Gasteiger partial charge in [0.25, 0.3) is 11.8 Å². The highest BCUT2D eigenvalue weighted by Gasteiger charge is 2.50. The van der Waals surface area contributed by atoms with Crippen molar-refractivity contribution in [3.63, 3.8) is 0 Å². The van der Waals surface area contributed by atoms with Crippen molar-refractivity contribution in [1.29, 1.82) is 0 Å². The van der Waals surface area contributed by atoms with Crippen LogP contribution in [-0.2, 0) is 48.9 Å². The molecule has 0 unspecified atom stereocenters. The lowest BCUT2D eigenvalue weighted by Crippen LogP contribution is -2.50. The molecule has 0 bridgehead atoms. The summed E-state index contributed by atoms with van der Waals surface area (Å²) in [6.45, 7) is 7.90. The molecule has 3 saturated heterocycles. The number of likely N-dealkylation sites (tertiary alicyclic amines) is 2. The third-order valence-electron chi connectivity index (χ3n) is 16.5. The molecule has 4 aliphatic rings. The highest BCUT2D eigenvalue weighted by Crippen LogP contribution is 2.48. The maximum Gasteiger partial charge on any atom is 0.416 e. The number of rotatable bonds is 22. The van der Waals surface area contributed by atoms with Gasteiger partial charge in [-0.1, -0.05) is 42.8 Å². The molecule has 1 aromatic heterocycles. The van der Waals surface area contributed by atoms with E-state index in [4.69, 9.17) is 9.47 Å². The number of nitrogens with one attached hydrogen (secondary N) is 1. The second kappa shape index (κ2) is 26.1. The number of benzene rings is 3. The van der Waals surface area contributed by atoms with E-state index in [1.165, 1.54) is 35.6 Å². The smallest absolute Gasteiger partial charge is 0.377 e. The number of hydrogen-bond donors (Lipinski definition) is 1. The van der Waals surface area contributed by atoms with Gasteiger partial charge in [-0.2, -0.15) is 26.3 Å². The molecule has 435 valence electrons. The van der Waals surface area contributed by atoms with Crippen molar-refractivity contribution >= 4 is 40.0 Å². The minimum absolute atomic E-state index is 0.0267. The van der Waals surface area contributed by atoms with Crippen LogP contribution in [0.25, 0.3) is 0 Å². The highest BCUT2D eigenvalue weighted by molar-refractivity contribution is 7.18. The number of piperidine rings is 2. The van der Waals surface area contributed by atoms with E-state index in [2.05, 4.69) is 33.7 Å². The standard InChI is InChI=1S/C59H73F7N7O6S/c1-41-33-50(67-23-10-5-7-15-51(74)68(2)31-32-71-24-11-6-12-25-71)80-53(41)55(77)70(4)30-29-69(3)52(75)38-78-49-36-42-13-8-9-14-48(42)56(49)20-26-72(27-21-56)28-22-57(44-16-18-47(60)19-17-44)39-73(40-79-57)54(76)43-34-45(58(61,62)63)37-46(35-43)59(64,65)66/h6,8-9,13-14,16-19,33-35,37,49,67H,5,7,10-12,15,20-32,36,38-40H2,1-4H3/t49-,57+/m0/s1. The largest absolute Gasteiger partial charge is 0.416 e. The number of amides is 4. The van der Waals surface area contributed by atoms with E-state index in [0.717, 1.165) is 91.4 Å². The number of alkyl halides is 6. The van der Waals surface area contributed by atoms with E-state index < -0.39 is 58.5 Å². The molecule has 8 rings (SSSR count). The van der Waals surface area contributed by atoms with Crippen LogP contribution in [0, 0.1) is 19.2 Å². The Morgan fingerprint density at radius 2 is 1.43 bits per heavy atom. The minimum atomic E-state index is -5.14. The quantitative estimate of drug-likeness (QED) is 0.0607. The van der Waals surface area contributed by atoms with Crippen molar-refractivity contribution in [2.75, 3.05) is 112 Å². The van der Waals surface area contributed by atoms with Gasteiger partial charge in [0.2, 0.25) is 11.8 Å². The summed E-state index contributed by atoms with van der Waals surface area (Å²) in [4.78, 5) is 65.1. The number of halogens is 7. The van der Waals surface area contributed by atoms with Crippen LogP contribution in [0.2, 0.25) is 0 Å². The molecule has 1 radical (unpaired) electrons. The number of carbonyl (C=O) groups excluding carboxylic acids is 4. The van der Waals surface area contributed by atoms with Gasteiger partial charge in [-0.3, -0.25) is 19.2 Å². The predicted molar refractivity (Wildman–Crippen MR) is 292 cm³/mol. The zero-order chi connectivity index (χ0) is 57.4. The van der Waals surface area contributed by atoms with Gasteiger partial charge in [0.1, 0.15) is 24.8 Å². The summed E-state index contributed by atoms with van der Waals surface area (Å²) in [7, 11) is 5.31. The first-order valence-corrected chi connectivity index (χ1v) is 28.4. The Morgan fingerprint density at radius 3 is 2.11 bits per heavy atom. The van der Waals surface area contributed by atoms with Crippen LogP contribution >= 0.6 is 11.3 Å². The number of carbonyl (C=O) groups is 4. The number of fused-ring (bicyclic) bond motifs is 2. The summed E-state index contributed by atoms with van der Waals surface area (Å²) in [5.74, 6) is -1.77. The normalized spacial score (nSPS) is 19.5. The Labute approximate surface area is 468 Å². The lowest BCUT2D eigenvalue weighted by molar-refractivity contribution is -0.143. The second-order valence-corrected chi connectivity index (χ2v) is 23.0. The second-order valence-electron chi connectivity index (χ2n) is 21.9. The first kappa shape index (κ1) is 60.5. The Morgan fingerprint density at radius 1 is 0.775 bits per heavy atom. The fourth-order valence-electron chi connectivity index (χ4n) is 11.5. The fraction of sp³-hybridized carbons (Fsp3) is 0.542. The van der Waals surface area contributed by atoms with Crippen LogP contribution in [0.5, 0.6) is 0 Å². The van der Waals surface area contributed by atoms with Crippen LogP contribution in [-0.4, -0.2) is 166 Å². The summed E-state index contributed by atoms with van der Waals surface area (Å²) in [5.41, 5.74) is -1.99. The van der Waals surface area contributed by atoms with Crippen molar-refractivity contribution in [2.45, 2.75) is 101 Å². The lowest BCUT2D eigenvalue weighted by Gasteiger charge is -2.44. The highest BCUT2D eigenvalue weighted by atomic mass is 32.1. The number of aryl methyl sites for hydroxylation is 1. The zero-order valence-corrected chi connectivity index (χ0v) is 46.8. The van der Waals surface area contributed by atoms with Gasteiger partial charge in [0.05, 0.1) is 33.7 Å². The molecule has 3 aromatic carbocycles. The van der Waals surface area contributed by atoms with Crippen LogP contribution in [0.4, 0.5) is 35.7 Å². The number of hydrogen-bond acceptors (Lipinski definition) is 10. The third-order valence-corrected chi connectivity index (χ3v) is 17.7. The fourth-order valence-corrected chi connectivity index (χ4v) is 12.6. The maximum absolute atomic E-state index is 14.2. The SMILES string of the molecule is Cc1cc(NCCCCCC(=O)N(C)CCN2CC[CH]CC2)sc1C(=O)N(C)CCN(C)C(=O)CO[C@H]1Cc2ccccc2C12CCN(CC[C@]1(c3ccc(F)cc3)CN(C(=O)c3cc(C(F)(F)F)cc(C(F)(F)F)c3)CO1)CC2. The van der Waals surface area contributed by atoms with E-state index in [9.17, 15) is 49.9 Å². The molecule has 2 atom stereocenters. The molecule has 13 nitrogen and oxygen atoms in total. The van der Waals surface area contributed by atoms with Gasteiger partial charge < -0.3 is 44.2 Å². The van der Waals surface area contributed by atoms with E-state index in [1.54, 1.807) is 23.9 Å². The van der Waals surface area contributed by atoms with E-state index >= 15 is 0 Å². The van der Waals surface area contributed by atoms with Crippen LogP contribution in [0.15, 0.2) is 72.8 Å². The Kier molecular flexibility index (Phi) is 19.7. The molecule has 1 spiro atoms. The summed E-state index contributed by atoms with van der Waals surface area (Å²) in [5, 5.41) is 4.35. The average molecular weight is 1140 g/mol. The number of nitrogens with zero attached hydrogens (tertiary/aromatic N) is 6. The van der Waals surface area contributed by atoms with Crippen LogP contribution in [0.1, 0.15) is 111 Å². The molecule has 4 aromatic rings. The summed E-state index contributed by atoms with van der Waals surface area (Å²) >= 11 is 1.41. The molecule has 3 fully saturated rings. The van der Waals surface area contributed by atoms with Gasteiger partial charge in [-0.25, -0.2) is 4.39 Å². The average Bonchev–Trinajstić information content (AvgIpc) is 4.35. The Hall–Kier alpha value is -5.61. The lowest BCUT2D eigenvalue weighted by atomic mass is 9.72. The van der Waals surface area contributed by atoms with Gasteiger partial charge in [-0.05, 0) is 150 Å². The summed E-state index contributed by atoms with van der Waals surface area (Å²) < 4.78 is 109. The van der Waals surface area contributed by atoms with E-state index in [1.807, 2.05) is 37.1 Å². The summed E-state index contributed by atoms with van der Waals surface area (Å²) in [6.07, 6.45) is -0.632. The maximum atomic E-state index is 14.2. The van der Waals surface area contributed by atoms with Crippen molar-refractivity contribution in [1.82, 2.24) is 29.4 Å². The van der Waals surface area contributed by atoms with Crippen LogP contribution in [0.3, 0.4) is 0 Å². The Bertz CT molecular complexity index is 2750. The van der Waals surface area contributed by atoms with Gasteiger partial charge in [0.15, 0.2) is 0 Å². The van der Waals surface area contributed by atoms with Crippen LogP contribution < -0.4 is 5.32 Å². The monoisotopic (exact) mass is 1140 g/mol. The minimum Gasteiger partial charge on any atom is -0.377 e. The molecule has 0 saturated carbocycles. The van der Waals surface area contributed by atoms with Crippen molar-refractivity contribution in [3.8, 4) is 0 Å². The number of likely N-dealkylation sites (N-methyl/N-ethyl adjacent to an activating group) is 3. The first-order chi connectivity index (χ1) is 38.0. The number of ether oxygens (including phenoxy) is 2. The molecule has 3 aliphatic heterocycles. The van der Waals surface area contributed by atoms with E-state index in [0.29, 0.717) is 81.0 Å². The zero-order valence-electron chi connectivity index (χ0n) is 46.0. The number of unbranched alkanes of at least 4 members (excludes halogenated alkanes) is 2. The summed E-state index contributed by atoms with van der Waals surface area (Å²) in [6, 6.07) is 16.4. The van der Waals surface area contributed by atoms with E-state index in [-0.39, 0.29) is 49.5 Å². The molecule has 4 amide bonds. The molecule has 21 heteroatoms. The van der Waals surface area contributed by atoms with Crippen molar-refractivity contribution < 1.29 is 59.4 Å². The number of anilines is 1. The first-order valence-electron chi connectivity index (χ1n) is 27.6. The Balaban J connectivity index is 0.802. The topological polar surface area (TPSA) is 118 Å². The molecule has 80 heavy (non-hydrogen) atoms. The molecule has 4 heterocycles. The van der Waals surface area contributed by atoms with Crippen molar-refractivity contribution in [3.05, 3.63) is 129 Å². The molecule has 1 N–H and O–H groups in total. The molecular weight excluding hydrogens is 1070 g/mol. The van der Waals surface area contributed by atoms with Crippen molar-refractivity contribution in [2.24, 2.45) is 0 Å². The molecule has 1 aliphatic carbocycles. The van der Waals surface area contributed by atoms with Gasteiger partial charge in [-0.15, -0.1) is 11.3 Å². The predicted octanol–water partition coefficient (Wildman–Crippen LogP) is 9.89. The molecular formula is C59H73F7N7O6S. The van der Waals surface area contributed by atoms with Gasteiger partial charge in [0, 0.05) is 77.8 Å². The third kappa shape index (κ3) is 14.7. The number of thiophene rings is 1.